The number of hydrogen-bond acceptors (Lipinski definition) is 7. The summed E-state index contributed by atoms with van der Waals surface area (Å²) in [5.41, 5.74) is -1.92. The predicted molar refractivity (Wildman–Crippen MR) is 80.4 cm³/mol. The van der Waals surface area contributed by atoms with E-state index in [9.17, 15) is 24.6 Å². The molecule has 0 spiro atoms. The van der Waals surface area contributed by atoms with E-state index in [0.717, 1.165) is 0 Å². The summed E-state index contributed by atoms with van der Waals surface area (Å²) < 4.78 is 10.3. The zero-order valence-electron chi connectivity index (χ0n) is 14.0. The van der Waals surface area contributed by atoms with E-state index >= 15 is 0 Å². The standard InChI is InChI=1S/C17H20O7/c1-8-5-12(19)13(23-10(3)18)15(4)7-17(22)11(6-16(8,15)21)9(2)14(20)24-17/h5,13,21-22H,6-7H2,1-4H3/t13-,15+,16-,17+/m1/s1. The molecule has 4 atom stereocenters. The van der Waals surface area contributed by atoms with Gasteiger partial charge in [-0.1, -0.05) is 6.92 Å². The minimum Gasteiger partial charge on any atom is -0.453 e. The molecule has 0 saturated heterocycles. The van der Waals surface area contributed by atoms with Crippen molar-refractivity contribution in [2.24, 2.45) is 5.41 Å². The van der Waals surface area contributed by atoms with E-state index in [2.05, 4.69) is 0 Å². The number of carbonyl (C=O) groups excluding carboxylic acids is 3. The minimum atomic E-state index is -1.90. The molecule has 0 bridgehead atoms. The second-order valence-electron chi connectivity index (χ2n) is 7.13. The first-order chi connectivity index (χ1) is 10.9. The van der Waals surface area contributed by atoms with Gasteiger partial charge in [-0.15, -0.1) is 0 Å². The van der Waals surface area contributed by atoms with Crippen LogP contribution in [-0.2, 0) is 23.9 Å². The third-order valence-corrected chi connectivity index (χ3v) is 5.61. The summed E-state index contributed by atoms with van der Waals surface area (Å²) in [7, 11) is 0. The zero-order valence-corrected chi connectivity index (χ0v) is 14.0. The highest BCUT2D eigenvalue weighted by atomic mass is 16.7. The van der Waals surface area contributed by atoms with Gasteiger partial charge in [0.2, 0.25) is 5.79 Å². The van der Waals surface area contributed by atoms with Crippen LogP contribution in [0.25, 0.3) is 0 Å². The van der Waals surface area contributed by atoms with Crippen molar-refractivity contribution in [3.8, 4) is 0 Å². The quantitative estimate of drug-likeness (QED) is 0.672. The van der Waals surface area contributed by atoms with E-state index < -0.39 is 40.6 Å². The topological polar surface area (TPSA) is 110 Å². The molecule has 0 aromatic rings. The van der Waals surface area contributed by atoms with Crippen molar-refractivity contribution in [2.75, 3.05) is 0 Å². The first-order valence-corrected chi connectivity index (χ1v) is 7.73. The van der Waals surface area contributed by atoms with Gasteiger partial charge in [0, 0.05) is 30.9 Å². The molecule has 0 radical (unpaired) electrons. The molecular weight excluding hydrogens is 316 g/mol. The van der Waals surface area contributed by atoms with E-state index in [1.165, 1.54) is 19.9 Å². The molecule has 0 aromatic heterocycles. The monoisotopic (exact) mass is 336 g/mol. The molecule has 24 heavy (non-hydrogen) atoms. The molecule has 2 aliphatic carbocycles. The van der Waals surface area contributed by atoms with Gasteiger partial charge in [-0.2, -0.15) is 0 Å². The Kier molecular flexibility index (Phi) is 3.35. The summed E-state index contributed by atoms with van der Waals surface area (Å²) >= 11 is 0. The molecule has 0 amide bonds. The van der Waals surface area contributed by atoms with Crippen molar-refractivity contribution in [1.29, 1.82) is 0 Å². The number of aliphatic hydroxyl groups is 2. The number of hydrogen-bond donors (Lipinski definition) is 2. The molecule has 0 unspecified atom stereocenters. The molecule has 3 rings (SSSR count). The fraction of sp³-hybridized carbons (Fsp3) is 0.588. The van der Waals surface area contributed by atoms with Crippen molar-refractivity contribution >= 4 is 17.7 Å². The SMILES string of the molecule is CC(=O)O[C@@H]1C(=O)C=C(C)[C@]2(O)CC3=C(C)C(=O)O[C@@]3(O)C[C@@]12C. The third kappa shape index (κ3) is 1.94. The van der Waals surface area contributed by atoms with Crippen LogP contribution in [0.4, 0.5) is 0 Å². The number of fused-ring (bicyclic) bond motifs is 2. The van der Waals surface area contributed by atoms with Gasteiger partial charge in [-0.25, -0.2) is 4.79 Å². The lowest BCUT2D eigenvalue weighted by atomic mass is 9.53. The number of rotatable bonds is 1. The van der Waals surface area contributed by atoms with E-state index in [0.29, 0.717) is 11.1 Å². The van der Waals surface area contributed by atoms with Crippen LogP contribution in [0.5, 0.6) is 0 Å². The maximum atomic E-state index is 12.4. The maximum Gasteiger partial charge on any atom is 0.336 e. The van der Waals surface area contributed by atoms with Gasteiger partial charge >= 0.3 is 11.9 Å². The molecule has 0 aromatic carbocycles. The van der Waals surface area contributed by atoms with Crippen LogP contribution >= 0.6 is 0 Å². The average Bonchev–Trinajstić information content (AvgIpc) is 2.65. The number of ketones is 1. The first-order valence-electron chi connectivity index (χ1n) is 7.73. The van der Waals surface area contributed by atoms with Crippen LogP contribution in [0, 0.1) is 5.41 Å². The summed E-state index contributed by atoms with van der Waals surface area (Å²) in [5.74, 6) is -3.70. The highest BCUT2D eigenvalue weighted by Gasteiger charge is 2.68. The van der Waals surface area contributed by atoms with Crippen molar-refractivity contribution < 1.29 is 34.1 Å². The van der Waals surface area contributed by atoms with Gasteiger partial charge in [-0.3, -0.25) is 9.59 Å². The molecule has 130 valence electrons. The van der Waals surface area contributed by atoms with Crippen molar-refractivity contribution in [3.63, 3.8) is 0 Å². The molecule has 7 heteroatoms. The fourth-order valence-corrected chi connectivity index (χ4v) is 4.20. The molecule has 7 nitrogen and oxygen atoms in total. The Bertz CT molecular complexity index is 733. The van der Waals surface area contributed by atoms with Crippen molar-refractivity contribution in [1.82, 2.24) is 0 Å². The lowest BCUT2D eigenvalue weighted by Crippen LogP contribution is -2.66. The van der Waals surface area contributed by atoms with Gasteiger partial charge in [-0.05, 0) is 25.5 Å². The number of ether oxygens (including phenoxy) is 2. The van der Waals surface area contributed by atoms with Crippen molar-refractivity contribution in [2.45, 2.75) is 58.0 Å². The van der Waals surface area contributed by atoms with Crippen LogP contribution in [0.2, 0.25) is 0 Å². The highest BCUT2D eigenvalue weighted by molar-refractivity contribution is 5.98. The lowest BCUT2D eigenvalue weighted by molar-refractivity contribution is -0.239. The van der Waals surface area contributed by atoms with Gasteiger partial charge in [0.25, 0.3) is 0 Å². The zero-order chi connectivity index (χ0) is 18.1. The molecule has 1 fully saturated rings. The normalized spacial score (nSPS) is 41.4. The molecule has 2 N–H and O–H groups in total. The Morgan fingerprint density at radius 3 is 2.54 bits per heavy atom. The summed E-state index contributed by atoms with van der Waals surface area (Å²) in [6.07, 6.45) is -0.337. The Morgan fingerprint density at radius 1 is 1.33 bits per heavy atom. The Balaban J connectivity index is 2.18. The van der Waals surface area contributed by atoms with E-state index in [1.807, 2.05) is 0 Å². The van der Waals surface area contributed by atoms with E-state index in [-0.39, 0.29) is 18.4 Å². The van der Waals surface area contributed by atoms with Crippen LogP contribution < -0.4 is 0 Å². The van der Waals surface area contributed by atoms with Crippen LogP contribution in [0.1, 0.15) is 40.5 Å². The second kappa shape index (κ2) is 4.77. The Hall–Kier alpha value is -1.99. The highest BCUT2D eigenvalue weighted by Crippen LogP contribution is 2.59. The first kappa shape index (κ1) is 16.9. The molecule has 1 saturated carbocycles. The Morgan fingerprint density at radius 2 is 1.96 bits per heavy atom. The van der Waals surface area contributed by atoms with Crippen LogP contribution in [-0.4, -0.2) is 45.4 Å². The lowest BCUT2D eigenvalue weighted by Gasteiger charge is -2.56. The summed E-state index contributed by atoms with van der Waals surface area (Å²) in [6.45, 7) is 5.87. The maximum absolute atomic E-state index is 12.4. The van der Waals surface area contributed by atoms with Crippen LogP contribution in [0.15, 0.2) is 22.8 Å². The second-order valence-corrected chi connectivity index (χ2v) is 7.13. The minimum absolute atomic E-state index is 0.0784. The molecule has 1 heterocycles. The largest absolute Gasteiger partial charge is 0.453 e. The summed E-state index contributed by atoms with van der Waals surface area (Å²) in [5, 5.41) is 22.2. The molecule has 3 aliphatic rings. The Labute approximate surface area is 138 Å². The van der Waals surface area contributed by atoms with Gasteiger partial charge in [0.05, 0.1) is 11.0 Å². The fourth-order valence-electron chi connectivity index (χ4n) is 4.20. The predicted octanol–water partition coefficient (Wildman–Crippen LogP) is 0.540. The van der Waals surface area contributed by atoms with E-state index in [1.54, 1.807) is 13.8 Å². The van der Waals surface area contributed by atoms with Crippen LogP contribution in [0.3, 0.4) is 0 Å². The van der Waals surface area contributed by atoms with Gasteiger partial charge < -0.3 is 19.7 Å². The average molecular weight is 336 g/mol. The summed E-state index contributed by atoms with van der Waals surface area (Å²) in [4.78, 5) is 35.7. The molecular formula is C17H20O7. The third-order valence-electron chi connectivity index (χ3n) is 5.61. The van der Waals surface area contributed by atoms with Gasteiger partial charge in [0.1, 0.15) is 0 Å². The van der Waals surface area contributed by atoms with Gasteiger partial charge in [0.15, 0.2) is 11.9 Å². The van der Waals surface area contributed by atoms with Crippen molar-refractivity contribution in [3.05, 3.63) is 22.8 Å². The summed E-state index contributed by atoms with van der Waals surface area (Å²) in [6, 6.07) is 0. The number of carbonyl (C=O) groups is 3. The smallest absolute Gasteiger partial charge is 0.336 e. The molecule has 1 aliphatic heterocycles. The number of esters is 2. The van der Waals surface area contributed by atoms with E-state index in [4.69, 9.17) is 9.47 Å².